The van der Waals surface area contributed by atoms with Crippen molar-refractivity contribution in [3.63, 3.8) is 0 Å². The van der Waals surface area contributed by atoms with Gasteiger partial charge in [-0.3, -0.25) is 4.99 Å². The van der Waals surface area contributed by atoms with Crippen LogP contribution >= 0.6 is 22.9 Å². The second-order valence-corrected chi connectivity index (χ2v) is 7.48. The predicted molar refractivity (Wildman–Crippen MR) is 104 cm³/mol. The number of thiazole rings is 1. The maximum absolute atomic E-state index is 6.17. The van der Waals surface area contributed by atoms with Crippen molar-refractivity contribution in [3.8, 4) is 11.3 Å². The van der Waals surface area contributed by atoms with Crippen molar-refractivity contribution in [2.75, 3.05) is 6.54 Å². The van der Waals surface area contributed by atoms with Crippen molar-refractivity contribution in [2.24, 2.45) is 16.0 Å². The number of aromatic nitrogens is 1. The Balaban J connectivity index is 2.05. The minimum atomic E-state index is 0.595. The summed E-state index contributed by atoms with van der Waals surface area (Å²) < 4.78 is 1.98. The molecule has 1 aliphatic carbocycles. The fraction of sp³-hybridized carbons (Fsp3) is 0.368. The fourth-order valence-electron chi connectivity index (χ4n) is 2.83. The first-order chi connectivity index (χ1) is 11.7. The molecule has 0 aliphatic heterocycles. The quantitative estimate of drug-likeness (QED) is 0.657. The third-order valence-corrected chi connectivity index (χ3v) is 5.34. The summed E-state index contributed by atoms with van der Waals surface area (Å²) in [4.78, 5) is 5.50. The Morgan fingerprint density at radius 3 is 2.88 bits per heavy atom. The fourth-order valence-corrected chi connectivity index (χ4v) is 3.86. The second-order valence-electron chi connectivity index (χ2n) is 6.20. The number of halogens is 1. The predicted octanol–water partition coefficient (Wildman–Crippen LogP) is 5.37. The van der Waals surface area contributed by atoms with Crippen LogP contribution in [0.1, 0.15) is 32.6 Å². The zero-order valence-electron chi connectivity index (χ0n) is 13.9. The van der Waals surface area contributed by atoms with Crippen LogP contribution in [-0.4, -0.2) is 16.9 Å². The molecule has 0 amide bonds. The van der Waals surface area contributed by atoms with Gasteiger partial charge in [0.15, 0.2) is 0 Å². The molecule has 5 heteroatoms. The highest BCUT2D eigenvalue weighted by Crippen LogP contribution is 2.25. The van der Waals surface area contributed by atoms with Gasteiger partial charge < -0.3 is 0 Å². The normalized spacial score (nSPS) is 18.7. The van der Waals surface area contributed by atoms with Gasteiger partial charge in [0.05, 0.1) is 12.2 Å². The number of hydrogen-bond acceptors (Lipinski definition) is 3. The molecule has 1 saturated carbocycles. The van der Waals surface area contributed by atoms with Gasteiger partial charge in [0.2, 0.25) is 4.80 Å². The van der Waals surface area contributed by atoms with Crippen LogP contribution in [0.4, 0.5) is 0 Å². The Morgan fingerprint density at radius 1 is 1.38 bits per heavy atom. The van der Waals surface area contributed by atoms with Gasteiger partial charge >= 0.3 is 0 Å². The standard InChI is InChI=1S/C19H22ClN3S/c1-3-11-21-19-23(22-17-9-7-14(2)8-10-17)18(13-24-19)15-5-4-6-16(20)12-15/h3-6,12-14H,1,7-11H2,2H3. The van der Waals surface area contributed by atoms with Crippen LogP contribution in [0.5, 0.6) is 0 Å². The van der Waals surface area contributed by atoms with Gasteiger partial charge in [-0.15, -0.1) is 17.9 Å². The Labute approximate surface area is 152 Å². The summed E-state index contributed by atoms with van der Waals surface area (Å²) in [7, 11) is 0. The van der Waals surface area contributed by atoms with E-state index in [1.165, 1.54) is 18.6 Å². The number of nitrogens with zero attached hydrogens (tertiary/aromatic N) is 3. The molecule has 0 saturated heterocycles. The summed E-state index contributed by atoms with van der Waals surface area (Å²) in [6, 6.07) is 7.89. The molecular weight excluding hydrogens is 338 g/mol. The van der Waals surface area contributed by atoms with E-state index in [-0.39, 0.29) is 0 Å². The van der Waals surface area contributed by atoms with Gasteiger partial charge in [-0.25, -0.2) is 4.68 Å². The summed E-state index contributed by atoms with van der Waals surface area (Å²) in [5.41, 5.74) is 3.36. The molecule has 1 aromatic heterocycles. The molecule has 2 aromatic rings. The molecule has 0 unspecified atom stereocenters. The Hall–Kier alpha value is -1.65. The summed E-state index contributed by atoms with van der Waals surface area (Å²) in [6.07, 6.45) is 6.38. The zero-order chi connectivity index (χ0) is 16.9. The van der Waals surface area contributed by atoms with Crippen molar-refractivity contribution in [1.29, 1.82) is 0 Å². The Bertz CT molecular complexity index is 806. The number of benzene rings is 1. The van der Waals surface area contributed by atoms with Crippen LogP contribution in [-0.2, 0) is 0 Å². The van der Waals surface area contributed by atoms with Crippen LogP contribution < -0.4 is 4.80 Å². The van der Waals surface area contributed by atoms with Crippen molar-refractivity contribution in [1.82, 2.24) is 4.68 Å². The lowest BCUT2D eigenvalue weighted by Crippen LogP contribution is -2.18. The summed E-state index contributed by atoms with van der Waals surface area (Å²) in [5, 5.41) is 7.77. The van der Waals surface area contributed by atoms with E-state index in [2.05, 4.69) is 29.9 Å². The van der Waals surface area contributed by atoms with Crippen LogP contribution in [0.3, 0.4) is 0 Å². The van der Waals surface area contributed by atoms with E-state index in [0.717, 1.165) is 39.8 Å². The Morgan fingerprint density at radius 2 is 2.17 bits per heavy atom. The first kappa shape index (κ1) is 17.2. The van der Waals surface area contributed by atoms with E-state index >= 15 is 0 Å². The van der Waals surface area contributed by atoms with E-state index < -0.39 is 0 Å². The third-order valence-electron chi connectivity index (χ3n) is 4.25. The van der Waals surface area contributed by atoms with E-state index in [1.54, 1.807) is 17.4 Å². The lowest BCUT2D eigenvalue weighted by molar-refractivity contribution is 0.481. The summed E-state index contributed by atoms with van der Waals surface area (Å²) in [5.74, 6) is 0.800. The monoisotopic (exact) mass is 359 g/mol. The van der Waals surface area contributed by atoms with Crippen LogP contribution in [0, 0.1) is 5.92 Å². The number of rotatable bonds is 4. The first-order valence-corrected chi connectivity index (χ1v) is 9.57. The molecule has 0 atom stereocenters. The highest BCUT2D eigenvalue weighted by Gasteiger charge is 2.15. The molecule has 0 spiro atoms. The van der Waals surface area contributed by atoms with Gasteiger partial charge in [0.1, 0.15) is 0 Å². The van der Waals surface area contributed by atoms with Crippen LogP contribution in [0.2, 0.25) is 5.02 Å². The van der Waals surface area contributed by atoms with Crippen LogP contribution in [0.25, 0.3) is 11.3 Å². The second kappa shape index (κ2) is 7.95. The molecule has 3 rings (SSSR count). The minimum absolute atomic E-state index is 0.595. The topological polar surface area (TPSA) is 29.6 Å². The molecule has 1 aliphatic rings. The van der Waals surface area contributed by atoms with Crippen molar-refractivity contribution in [3.05, 3.63) is 52.1 Å². The van der Waals surface area contributed by atoms with Gasteiger partial charge in [0, 0.05) is 21.7 Å². The average Bonchev–Trinajstić information content (AvgIpc) is 2.97. The van der Waals surface area contributed by atoms with E-state index in [1.807, 2.05) is 22.9 Å². The molecular formula is C19H22ClN3S. The largest absolute Gasteiger partial charge is 0.253 e. The summed E-state index contributed by atoms with van der Waals surface area (Å²) >= 11 is 7.77. The molecule has 1 fully saturated rings. The van der Waals surface area contributed by atoms with Crippen molar-refractivity contribution >= 4 is 28.6 Å². The third kappa shape index (κ3) is 4.05. The van der Waals surface area contributed by atoms with Gasteiger partial charge in [0.25, 0.3) is 0 Å². The molecule has 24 heavy (non-hydrogen) atoms. The van der Waals surface area contributed by atoms with Crippen molar-refractivity contribution < 1.29 is 0 Å². The minimum Gasteiger partial charge on any atom is -0.253 e. The highest BCUT2D eigenvalue weighted by atomic mass is 35.5. The SMILES string of the molecule is C=CCN=c1scc(-c2cccc(Cl)c2)n1N=C1CCC(C)CC1. The van der Waals surface area contributed by atoms with E-state index in [4.69, 9.17) is 16.7 Å². The number of hydrogen-bond donors (Lipinski definition) is 0. The van der Waals surface area contributed by atoms with Gasteiger partial charge in [-0.05, 0) is 43.7 Å². The molecule has 1 aromatic carbocycles. The summed E-state index contributed by atoms with van der Waals surface area (Å²) in [6.45, 7) is 6.67. The maximum Gasteiger partial charge on any atom is 0.206 e. The highest BCUT2D eigenvalue weighted by molar-refractivity contribution is 7.07. The zero-order valence-corrected chi connectivity index (χ0v) is 15.5. The van der Waals surface area contributed by atoms with Gasteiger partial charge in [-0.2, -0.15) is 5.10 Å². The lowest BCUT2D eigenvalue weighted by Gasteiger charge is -2.19. The van der Waals surface area contributed by atoms with Gasteiger partial charge in [-0.1, -0.05) is 36.7 Å². The molecule has 0 N–H and O–H groups in total. The molecule has 3 nitrogen and oxygen atoms in total. The first-order valence-electron chi connectivity index (χ1n) is 8.32. The van der Waals surface area contributed by atoms with Crippen molar-refractivity contribution in [2.45, 2.75) is 32.6 Å². The molecule has 0 radical (unpaired) electrons. The Kier molecular flexibility index (Phi) is 5.69. The average molecular weight is 360 g/mol. The van der Waals surface area contributed by atoms with E-state index in [9.17, 15) is 0 Å². The molecule has 1 heterocycles. The molecule has 0 bridgehead atoms. The maximum atomic E-state index is 6.17. The van der Waals surface area contributed by atoms with Crippen LogP contribution in [0.15, 0.2) is 52.4 Å². The van der Waals surface area contributed by atoms with E-state index in [0.29, 0.717) is 6.54 Å². The molecule has 126 valence electrons. The lowest BCUT2D eigenvalue weighted by atomic mass is 9.90. The smallest absolute Gasteiger partial charge is 0.206 e.